The highest BCUT2D eigenvalue weighted by atomic mass is 35.5. The van der Waals surface area contributed by atoms with Gasteiger partial charge in [0.05, 0.1) is 5.52 Å². The number of aromatic nitrogens is 3. The standard InChI is InChI=1S/C12H12ClN3O2/c13-10-5-4-9-12(14-10)8(7-17)15-16(9)11-3-1-2-6-18-11/h4-5,7,11H,1-3,6H2. The third-order valence-electron chi connectivity index (χ3n) is 3.08. The van der Waals surface area contributed by atoms with Gasteiger partial charge in [0.2, 0.25) is 0 Å². The number of carbonyl (C=O) groups excluding carboxylic acids is 1. The predicted octanol–water partition coefficient (Wildman–Crippen LogP) is 2.60. The Morgan fingerprint density at radius 1 is 1.44 bits per heavy atom. The molecule has 0 aromatic carbocycles. The number of hydrogen-bond donors (Lipinski definition) is 0. The number of ether oxygens (including phenoxy) is 1. The number of aldehydes is 1. The van der Waals surface area contributed by atoms with E-state index < -0.39 is 0 Å². The van der Waals surface area contributed by atoms with Crippen LogP contribution in [0.3, 0.4) is 0 Å². The fourth-order valence-electron chi connectivity index (χ4n) is 2.23. The second-order valence-corrected chi connectivity index (χ2v) is 4.66. The molecule has 0 spiro atoms. The van der Waals surface area contributed by atoms with E-state index in [-0.39, 0.29) is 6.23 Å². The molecule has 1 unspecified atom stereocenters. The van der Waals surface area contributed by atoms with E-state index in [1.54, 1.807) is 10.7 Å². The van der Waals surface area contributed by atoms with Gasteiger partial charge in [-0.1, -0.05) is 11.6 Å². The van der Waals surface area contributed by atoms with E-state index in [1.807, 2.05) is 6.07 Å². The van der Waals surface area contributed by atoms with Gasteiger partial charge in [-0.25, -0.2) is 9.67 Å². The van der Waals surface area contributed by atoms with Crippen molar-refractivity contribution in [3.05, 3.63) is 23.0 Å². The van der Waals surface area contributed by atoms with Crippen LogP contribution in [0, 0.1) is 0 Å². The van der Waals surface area contributed by atoms with Crippen LogP contribution in [-0.4, -0.2) is 27.7 Å². The smallest absolute Gasteiger partial charge is 0.172 e. The van der Waals surface area contributed by atoms with E-state index >= 15 is 0 Å². The van der Waals surface area contributed by atoms with Crippen LogP contribution in [0.15, 0.2) is 12.1 Å². The molecule has 3 rings (SSSR count). The molecule has 0 saturated carbocycles. The molecule has 0 radical (unpaired) electrons. The summed E-state index contributed by atoms with van der Waals surface area (Å²) < 4.78 is 7.42. The van der Waals surface area contributed by atoms with Crippen molar-refractivity contribution in [3.63, 3.8) is 0 Å². The van der Waals surface area contributed by atoms with Gasteiger partial charge in [0.25, 0.3) is 0 Å². The molecule has 1 saturated heterocycles. The largest absolute Gasteiger partial charge is 0.356 e. The summed E-state index contributed by atoms with van der Waals surface area (Å²) in [4.78, 5) is 15.2. The van der Waals surface area contributed by atoms with Crippen molar-refractivity contribution in [3.8, 4) is 0 Å². The van der Waals surface area contributed by atoms with Gasteiger partial charge in [-0.3, -0.25) is 4.79 Å². The van der Waals surface area contributed by atoms with Gasteiger partial charge in [0.15, 0.2) is 18.2 Å². The zero-order valence-corrected chi connectivity index (χ0v) is 10.4. The number of halogens is 1. The fourth-order valence-corrected chi connectivity index (χ4v) is 2.38. The van der Waals surface area contributed by atoms with Gasteiger partial charge in [0, 0.05) is 6.61 Å². The van der Waals surface area contributed by atoms with E-state index in [2.05, 4.69) is 10.1 Å². The molecule has 1 fully saturated rings. The summed E-state index contributed by atoms with van der Waals surface area (Å²) in [6.07, 6.45) is 3.66. The maximum Gasteiger partial charge on any atom is 0.172 e. The Morgan fingerprint density at radius 3 is 3.06 bits per heavy atom. The summed E-state index contributed by atoms with van der Waals surface area (Å²) in [7, 11) is 0. The van der Waals surface area contributed by atoms with Crippen LogP contribution in [0.1, 0.15) is 36.0 Å². The topological polar surface area (TPSA) is 57.0 Å². The molecule has 0 aliphatic carbocycles. The molecule has 94 valence electrons. The van der Waals surface area contributed by atoms with Gasteiger partial charge in [0.1, 0.15) is 10.7 Å². The van der Waals surface area contributed by atoms with E-state index in [0.717, 1.165) is 31.4 Å². The molecule has 0 amide bonds. The van der Waals surface area contributed by atoms with Gasteiger partial charge in [-0.05, 0) is 31.4 Å². The molecule has 2 aromatic heterocycles. The minimum absolute atomic E-state index is 0.113. The SMILES string of the molecule is O=Cc1nn(C2CCCCO2)c2ccc(Cl)nc12. The molecular formula is C12H12ClN3O2. The molecule has 3 heterocycles. The first kappa shape index (κ1) is 11.6. The molecule has 18 heavy (non-hydrogen) atoms. The molecule has 5 nitrogen and oxygen atoms in total. The molecule has 1 atom stereocenters. The minimum Gasteiger partial charge on any atom is -0.356 e. The number of rotatable bonds is 2. The third kappa shape index (κ3) is 1.89. The summed E-state index contributed by atoms with van der Waals surface area (Å²) in [5, 5.41) is 4.63. The lowest BCUT2D eigenvalue weighted by atomic mass is 10.2. The molecule has 2 aromatic rings. The van der Waals surface area contributed by atoms with Crippen LogP contribution in [0.25, 0.3) is 11.0 Å². The maximum absolute atomic E-state index is 11.0. The molecule has 1 aliphatic heterocycles. The van der Waals surface area contributed by atoms with Crippen LogP contribution in [0.4, 0.5) is 0 Å². The van der Waals surface area contributed by atoms with E-state index in [4.69, 9.17) is 16.3 Å². The highest BCUT2D eigenvalue weighted by Gasteiger charge is 2.21. The first-order valence-corrected chi connectivity index (χ1v) is 6.29. The van der Waals surface area contributed by atoms with E-state index in [0.29, 0.717) is 22.6 Å². The summed E-state index contributed by atoms with van der Waals surface area (Å²) in [5.41, 5.74) is 1.63. The van der Waals surface area contributed by atoms with Crippen molar-refractivity contribution in [1.29, 1.82) is 0 Å². The highest BCUT2D eigenvalue weighted by molar-refractivity contribution is 6.29. The van der Waals surface area contributed by atoms with Crippen LogP contribution < -0.4 is 0 Å². The monoisotopic (exact) mass is 265 g/mol. The van der Waals surface area contributed by atoms with Crippen molar-refractivity contribution >= 4 is 28.9 Å². The summed E-state index contributed by atoms with van der Waals surface area (Å²) in [5.74, 6) is 0. The zero-order valence-electron chi connectivity index (χ0n) is 9.67. The Hall–Kier alpha value is -1.46. The average molecular weight is 266 g/mol. The number of fused-ring (bicyclic) bond motifs is 1. The summed E-state index contributed by atoms with van der Waals surface area (Å²) in [6.45, 7) is 0.726. The first-order valence-electron chi connectivity index (χ1n) is 5.91. The van der Waals surface area contributed by atoms with Gasteiger partial charge < -0.3 is 4.74 Å². The number of carbonyl (C=O) groups is 1. The van der Waals surface area contributed by atoms with Crippen molar-refractivity contribution in [2.75, 3.05) is 6.61 Å². The average Bonchev–Trinajstić information content (AvgIpc) is 2.77. The second-order valence-electron chi connectivity index (χ2n) is 4.27. The Balaban J connectivity index is 2.13. The minimum atomic E-state index is -0.113. The molecule has 6 heteroatoms. The van der Waals surface area contributed by atoms with Crippen molar-refractivity contribution < 1.29 is 9.53 Å². The molecule has 0 bridgehead atoms. The van der Waals surface area contributed by atoms with Crippen LogP contribution >= 0.6 is 11.6 Å². The molecule has 1 aliphatic rings. The molecular weight excluding hydrogens is 254 g/mol. The third-order valence-corrected chi connectivity index (χ3v) is 3.30. The quantitative estimate of drug-likeness (QED) is 0.619. The number of pyridine rings is 1. The van der Waals surface area contributed by atoms with Crippen molar-refractivity contribution in [2.24, 2.45) is 0 Å². The van der Waals surface area contributed by atoms with Crippen LogP contribution in [-0.2, 0) is 4.74 Å². The van der Waals surface area contributed by atoms with E-state index in [9.17, 15) is 4.79 Å². The maximum atomic E-state index is 11.0. The van der Waals surface area contributed by atoms with Gasteiger partial charge in [-0.2, -0.15) is 5.10 Å². The predicted molar refractivity (Wildman–Crippen MR) is 66.8 cm³/mol. The second kappa shape index (κ2) is 4.66. The van der Waals surface area contributed by atoms with Crippen molar-refractivity contribution in [1.82, 2.24) is 14.8 Å². The van der Waals surface area contributed by atoms with Gasteiger partial charge >= 0.3 is 0 Å². The molecule has 0 N–H and O–H groups in total. The normalized spacial score (nSPS) is 20.2. The Bertz CT molecular complexity index is 590. The Kier molecular flexibility index (Phi) is 3.01. The lowest BCUT2D eigenvalue weighted by Crippen LogP contribution is -2.19. The van der Waals surface area contributed by atoms with E-state index in [1.165, 1.54) is 0 Å². The number of nitrogens with zero attached hydrogens (tertiary/aromatic N) is 3. The highest BCUT2D eigenvalue weighted by Crippen LogP contribution is 2.27. The summed E-state index contributed by atoms with van der Waals surface area (Å²) in [6, 6.07) is 3.52. The Labute approximate surface area is 109 Å². The fraction of sp³-hybridized carbons (Fsp3) is 0.417. The number of hydrogen-bond acceptors (Lipinski definition) is 4. The lowest BCUT2D eigenvalue weighted by molar-refractivity contribution is -0.0367. The van der Waals surface area contributed by atoms with Gasteiger partial charge in [-0.15, -0.1) is 0 Å². The van der Waals surface area contributed by atoms with Crippen molar-refractivity contribution in [2.45, 2.75) is 25.5 Å². The first-order chi connectivity index (χ1) is 8.79. The van der Waals surface area contributed by atoms with Crippen LogP contribution in [0.2, 0.25) is 5.15 Å². The Morgan fingerprint density at radius 2 is 2.33 bits per heavy atom. The zero-order chi connectivity index (χ0) is 12.5. The van der Waals surface area contributed by atoms with Crippen LogP contribution in [0.5, 0.6) is 0 Å². The summed E-state index contributed by atoms with van der Waals surface area (Å²) >= 11 is 5.85. The lowest BCUT2D eigenvalue weighted by Gasteiger charge is -2.23.